The Hall–Kier alpha value is -1.92. The molecule has 0 aliphatic carbocycles. The van der Waals surface area contributed by atoms with Crippen LogP contribution >= 0.6 is 0 Å². The second-order valence-corrected chi connectivity index (χ2v) is 7.11. The van der Waals surface area contributed by atoms with Gasteiger partial charge in [-0.3, -0.25) is 9.47 Å². The average Bonchev–Trinajstić information content (AvgIpc) is 3.01. The number of nitrogens with zero attached hydrogens (tertiary/aromatic N) is 5. The molecule has 1 saturated heterocycles. The molecular weight excluding hydrogens is 326 g/mol. The third kappa shape index (κ3) is 3.35. The smallest absolute Gasteiger partial charge is 0.227 e. The summed E-state index contributed by atoms with van der Waals surface area (Å²) in [5, 5.41) is 9.14. The first-order chi connectivity index (χ1) is 12.8. The van der Waals surface area contributed by atoms with Gasteiger partial charge in [0.2, 0.25) is 5.95 Å². The standard InChI is InChI=1S/C20H29N5O/c1-3-23-13-14-26-18(15-23)19-21-22-20(25(19)4-2)24-11-9-16-7-5-6-8-17(16)10-12-24/h5-8,18H,3-4,9-15H2,1-2H3. The van der Waals surface area contributed by atoms with Crippen LogP contribution in [0, 0.1) is 0 Å². The lowest BCUT2D eigenvalue weighted by atomic mass is 10.0. The number of ether oxygens (including phenoxy) is 1. The van der Waals surface area contributed by atoms with Crippen molar-refractivity contribution in [2.24, 2.45) is 0 Å². The summed E-state index contributed by atoms with van der Waals surface area (Å²) in [4.78, 5) is 4.81. The summed E-state index contributed by atoms with van der Waals surface area (Å²) in [6.45, 7) is 10.9. The number of benzene rings is 1. The maximum atomic E-state index is 6.03. The molecule has 6 heteroatoms. The number of rotatable bonds is 4. The van der Waals surface area contributed by atoms with Crippen LogP contribution in [-0.4, -0.2) is 59.0 Å². The van der Waals surface area contributed by atoms with Crippen molar-refractivity contribution in [1.29, 1.82) is 0 Å². The Kier molecular flexibility index (Phi) is 5.22. The van der Waals surface area contributed by atoms with Crippen LogP contribution in [0.15, 0.2) is 24.3 Å². The van der Waals surface area contributed by atoms with Crippen LogP contribution in [0.3, 0.4) is 0 Å². The van der Waals surface area contributed by atoms with Crippen LogP contribution in [0.1, 0.15) is 36.9 Å². The van der Waals surface area contributed by atoms with Crippen molar-refractivity contribution in [1.82, 2.24) is 19.7 Å². The molecule has 0 saturated carbocycles. The molecule has 6 nitrogen and oxygen atoms in total. The van der Waals surface area contributed by atoms with Crippen LogP contribution in [-0.2, 0) is 24.1 Å². The number of aromatic nitrogens is 3. The summed E-state index contributed by atoms with van der Waals surface area (Å²) in [5.74, 6) is 1.97. The molecule has 2 aromatic rings. The predicted molar refractivity (Wildman–Crippen MR) is 103 cm³/mol. The predicted octanol–water partition coefficient (Wildman–Crippen LogP) is 2.30. The summed E-state index contributed by atoms with van der Waals surface area (Å²) in [6.07, 6.45) is 2.14. The molecule has 0 spiro atoms. The molecule has 0 radical (unpaired) electrons. The first kappa shape index (κ1) is 17.5. The lowest BCUT2D eigenvalue weighted by Gasteiger charge is -2.32. The van der Waals surface area contributed by atoms with E-state index in [1.165, 1.54) is 11.1 Å². The Bertz CT molecular complexity index is 717. The van der Waals surface area contributed by atoms with E-state index in [1.807, 2.05) is 0 Å². The van der Waals surface area contributed by atoms with Crippen molar-refractivity contribution in [3.63, 3.8) is 0 Å². The van der Waals surface area contributed by atoms with Gasteiger partial charge in [-0.2, -0.15) is 0 Å². The molecule has 26 heavy (non-hydrogen) atoms. The zero-order chi connectivity index (χ0) is 17.9. The third-order valence-corrected chi connectivity index (χ3v) is 5.67. The van der Waals surface area contributed by atoms with Crippen molar-refractivity contribution in [3.05, 3.63) is 41.2 Å². The molecule has 0 bridgehead atoms. The Morgan fingerprint density at radius 2 is 1.73 bits per heavy atom. The van der Waals surface area contributed by atoms with Gasteiger partial charge in [-0.1, -0.05) is 31.2 Å². The molecule has 0 amide bonds. The fraction of sp³-hybridized carbons (Fsp3) is 0.600. The van der Waals surface area contributed by atoms with Crippen LogP contribution in [0.4, 0.5) is 5.95 Å². The van der Waals surface area contributed by atoms with Crippen LogP contribution < -0.4 is 4.90 Å². The normalized spacial score (nSPS) is 21.5. The molecule has 1 fully saturated rings. The third-order valence-electron chi connectivity index (χ3n) is 5.67. The summed E-state index contributed by atoms with van der Waals surface area (Å²) in [5.41, 5.74) is 2.93. The number of fused-ring (bicyclic) bond motifs is 1. The lowest BCUT2D eigenvalue weighted by Crippen LogP contribution is -2.39. The highest BCUT2D eigenvalue weighted by atomic mass is 16.5. The second kappa shape index (κ2) is 7.76. The first-order valence-electron chi connectivity index (χ1n) is 9.89. The van der Waals surface area contributed by atoms with Gasteiger partial charge in [0.1, 0.15) is 6.10 Å². The summed E-state index contributed by atoms with van der Waals surface area (Å²) in [6, 6.07) is 8.79. The van der Waals surface area contributed by atoms with E-state index < -0.39 is 0 Å². The van der Waals surface area contributed by atoms with Gasteiger partial charge in [0.25, 0.3) is 0 Å². The van der Waals surface area contributed by atoms with Gasteiger partial charge in [0.15, 0.2) is 5.82 Å². The largest absolute Gasteiger partial charge is 0.368 e. The number of morpholine rings is 1. The Labute approximate surface area is 155 Å². The average molecular weight is 355 g/mol. The van der Waals surface area contributed by atoms with Crippen LogP contribution in [0.5, 0.6) is 0 Å². The number of likely N-dealkylation sites (N-methyl/N-ethyl adjacent to an activating group) is 1. The fourth-order valence-electron chi connectivity index (χ4n) is 4.10. The van der Waals surface area contributed by atoms with Crippen molar-refractivity contribution >= 4 is 5.95 Å². The number of hydrogen-bond acceptors (Lipinski definition) is 5. The molecule has 140 valence electrons. The maximum absolute atomic E-state index is 6.03. The Morgan fingerprint density at radius 1 is 1.00 bits per heavy atom. The van der Waals surface area contributed by atoms with Gasteiger partial charge in [-0.15, -0.1) is 10.2 Å². The summed E-state index contributed by atoms with van der Waals surface area (Å²) in [7, 11) is 0. The van der Waals surface area contributed by atoms with E-state index in [-0.39, 0.29) is 6.10 Å². The van der Waals surface area contributed by atoms with Gasteiger partial charge in [-0.05, 0) is 37.4 Å². The van der Waals surface area contributed by atoms with Gasteiger partial charge in [0.05, 0.1) is 6.61 Å². The molecule has 3 heterocycles. The van der Waals surface area contributed by atoms with E-state index in [2.05, 4.69) is 62.7 Å². The Morgan fingerprint density at radius 3 is 2.38 bits per heavy atom. The maximum Gasteiger partial charge on any atom is 0.227 e. The highest BCUT2D eigenvalue weighted by molar-refractivity contribution is 5.37. The molecular formula is C20H29N5O. The lowest BCUT2D eigenvalue weighted by molar-refractivity contribution is -0.0342. The molecule has 4 rings (SSSR count). The molecule has 1 aromatic carbocycles. The van der Waals surface area contributed by atoms with Crippen LogP contribution in [0.2, 0.25) is 0 Å². The van der Waals surface area contributed by atoms with Crippen LogP contribution in [0.25, 0.3) is 0 Å². The highest BCUT2D eigenvalue weighted by Crippen LogP contribution is 2.26. The van der Waals surface area contributed by atoms with Gasteiger partial charge < -0.3 is 9.64 Å². The minimum absolute atomic E-state index is 0.0223. The zero-order valence-corrected chi connectivity index (χ0v) is 15.9. The summed E-state index contributed by atoms with van der Waals surface area (Å²) >= 11 is 0. The van der Waals surface area contributed by atoms with E-state index in [0.29, 0.717) is 0 Å². The second-order valence-electron chi connectivity index (χ2n) is 7.11. The van der Waals surface area contributed by atoms with E-state index >= 15 is 0 Å². The van der Waals surface area contributed by atoms with Gasteiger partial charge in [0, 0.05) is 32.7 Å². The SMILES string of the molecule is CCN1CCOC(c2nnc(N3CCc4ccccc4CC3)n2CC)C1. The molecule has 0 N–H and O–H groups in total. The fourth-order valence-corrected chi connectivity index (χ4v) is 4.10. The number of anilines is 1. The topological polar surface area (TPSA) is 46.4 Å². The van der Waals surface area contributed by atoms with E-state index in [1.54, 1.807) is 0 Å². The van der Waals surface area contributed by atoms with E-state index in [9.17, 15) is 0 Å². The van der Waals surface area contributed by atoms with Crippen molar-refractivity contribution in [2.45, 2.75) is 39.3 Å². The van der Waals surface area contributed by atoms with Gasteiger partial charge >= 0.3 is 0 Å². The molecule has 1 aromatic heterocycles. The van der Waals surface area contributed by atoms with Crippen molar-refractivity contribution in [2.75, 3.05) is 44.2 Å². The number of hydrogen-bond donors (Lipinski definition) is 0. The molecule has 1 unspecified atom stereocenters. The van der Waals surface area contributed by atoms with Crippen molar-refractivity contribution < 1.29 is 4.74 Å². The molecule has 2 aliphatic heterocycles. The van der Waals surface area contributed by atoms with E-state index in [4.69, 9.17) is 4.74 Å². The molecule has 1 atom stereocenters. The van der Waals surface area contributed by atoms with E-state index in [0.717, 1.165) is 70.5 Å². The summed E-state index contributed by atoms with van der Waals surface area (Å²) < 4.78 is 8.28. The quantitative estimate of drug-likeness (QED) is 0.842. The minimum atomic E-state index is 0.0223. The first-order valence-corrected chi connectivity index (χ1v) is 9.89. The Balaban J connectivity index is 1.55. The zero-order valence-electron chi connectivity index (χ0n) is 15.9. The molecule has 2 aliphatic rings. The minimum Gasteiger partial charge on any atom is -0.368 e. The highest BCUT2D eigenvalue weighted by Gasteiger charge is 2.28. The van der Waals surface area contributed by atoms with Crippen molar-refractivity contribution in [3.8, 4) is 0 Å². The monoisotopic (exact) mass is 355 g/mol. The van der Waals surface area contributed by atoms with Gasteiger partial charge in [-0.25, -0.2) is 0 Å².